The molecule has 0 amide bonds. The average molecular weight is 246 g/mol. The van der Waals surface area contributed by atoms with Gasteiger partial charge < -0.3 is 5.32 Å². The van der Waals surface area contributed by atoms with Crippen LogP contribution in [0.5, 0.6) is 0 Å². The van der Waals surface area contributed by atoms with Crippen molar-refractivity contribution in [2.24, 2.45) is 5.92 Å². The Labute approximate surface area is 111 Å². The first kappa shape index (κ1) is 13.6. The van der Waals surface area contributed by atoms with Gasteiger partial charge in [-0.05, 0) is 50.8 Å². The van der Waals surface area contributed by atoms with Gasteiger partial charge in [-0.3, -0.25) is 4.90 Å². The Morgan fingerprint density at radius 3 is 2.28 bits per heavy atom. The second kappa shape index (κ2) is 6.35. The predicted molar refractivity (Wildman–Crippen MR) is 77.5 cm³/mol. The molecule has 1 fully saturated rings. The zero-order valence-electron chi connectivity index (χ0n) is 11.9. The topological polar surface area (TPSA) is 15.3 Å². The third-order valence-corrected chi connectivity index (χ3v) is 3.71. The molecule has 2 nitrogen and oxygen atoms in total. The van der Waals surface area contributed by atoms with Crippen molar-refractivity contribution in [1.82, 2.24) is 10.2 Å². The Morgan fingerprint density at radius 2 is 1.78 bits per heavy atom. The summed E-state index contributed by atoms with van der Waals surface area (Å²) in [5.41, 5.74) is 2.80. The first-order chi connectivity index (χ1) is 8.69. The van der Waals surface area contributed by atoms with E-state index in [1.54, 1.807) is 0 Å². The molecular weight excluding hydrogens is 220 g/mol. The maximum Gasteiger partial charge on any atom is 0.0236 e. The van der Waals surface area contributed by atoms with E-state index in [2.05, 4.69) is 48.3 Å². The fourth-order valence-corrected chi connectivity index (χ4v) is 2.29. The van der Waals surface area contributed by atoms with Crippen LogP contribution >= 0.6 is 0 Å². The van der Waals surface area contributed by atoms with E-state index < -0.39 is 0 Å². The summed E-state index contributed by atoms with van der Waals surface area (Å²) in [4.78, 5) is 2.60. The highest BCUT2D eigenvalue weighted by molar-refractivity contribution is 5.22. The van der Waals surface area contributed by atoms with Gasteiger partial charge in [-0.25, -0.2) is 0 Å². The highest BCUT2D eigenvalue weighted by atomic mass is 15.1. The van der Waals surface area contributed by atoms with Crippen molar-refractivity contribution in [3.8, 4) is 0 Å². The zero-order chi connectivity index (χ0) is 13.0. The summed E-state index contributed by atoms with van der Waals surface area (Å²) >= 11 is 0. The van der Waals surface area contributed by atoms with Crippen molar-refractivity contribution in [3.63, 3.8) is 0 Å². The summed E-state index contributed by atoms with van der Waals surface area (Å²) in [6.45, 7) is 7.93. The van der Waals surface area contributed by atoms with E-state index in [0.717, 1.165) is 19.0 Å². The average Bonchev–Trinajstić information content (AvgIpc) is 3.15. The van der Waals surface area contributed by atoms with Gasteiger partial charge in [-0.15, -0.1) is 0 Å². The summed E-state index contributed by atoms with van der Waals surface area (Å²) in [5.74, 6) is 0.968. The van der Waals surface area contributed by atoms with E-state index in [1.165, 1.54) is 30.5 Å². The lowest BCUT2D eigenvalue weighted by Crippen LogP contribution is -2.32. The fourth-order valence-electron chi connectivity index (χ4n) is 2.29. The van der Waals surface area contributed by atoms with Gasteiger partial charge in [0.25, 0.3) is 0 Å². The number of rotatable bonds is 7. The Kier molecular flexibility index (Phi) is 4.79. The maximum absolute atomic E-state index is 3.19. The number of nitrogens with zero attached hydrogens (tertiary/aromatic N) is 1. The smallest absolute Gasteiger partial charge is 0.0236 e. The predicted octanol–water partition coefficient (Wildman–Crippen LogP) is 3.03. The Balaban J connectivity index is 1.92. The third kappa shape index (κ3) is 4.11. The van der Waals surface area contributed by atoms with Crippen LogP contribution in [0.2, 0.25) is 0 Å². The second-order valence-electron chi connectivity index (χ2n) is 5.81. The van der Waals surface area contributed by atoms with Crippen LogP contribution in [0.15, 0.2) is 24.3 Å². The molecule has 1 N–H and O–H groups in total. The molecule has 0 bridgehead atoms. The molecule has 0 atom stereocenters. The quantitative estimate of drug-likeness (QED) is 0.795. The number of nitrogens with one attached hydrogen (secondary N) is 1. The first-order valence-electron chi connectivity index (χ1n) is 7.15. The zero-order valence-corrected chi connectivity index (χ0v) is 11.9. The molecule has 0 unspecified atom stereocenters. The molecule has 0 saturated heterocycles. The summed E-state index contributed by atoms with van der Waals surface area (Å²) in [6.07, 6.45) is 2.87. The van der Waals surface area contributed by atoms with Crippen molar-refractivity contribution < 1.29 is 0 Å². The standard InChI is InChI=1S/C16H26N2/c1-13(2)18(12-16-8-9-16)11-15-6-4-14(5-7-15)10-17-3/h4-7,13,16-17H,8-12H2,1-3H3. The molecule has 1 aliphatic rings. The fraction of sp³-hybridized carbons (Fsp3) is 0.625. The molecule has 0 radical (unpaired) electrons. The monoisotopic (exact) mass is 246 g/mol. The minimum atomic E-state index is 0.641. The molecular formula is C16H26N2. The summed E-state index contributed by atoms with van der Waals surface area (Å²) in [6, 6.07) is 9.66. The number of hydrogen-bond donors (Lipinski definition) is 1. The van der Waals surface area contributed by atoms with Crippen molar-refractivity contribution in [3.05, 3.63) is 35.4 Å². The van der Waals surface area contributed by atoms with E-state index >= 15 is 0 Å². The molecule has 1 aromatic carbocycles. The van der Waals surface area contributed by atoms with E-state index in [0.29, 0.717) is 6.04 Å². The second-order valence-corrected chi connectivity index (χ2v) is 5.81. The van der Waals surface area contributed by atoms with Crippen molar-refractivity contribution in [1.29, 1.82) is 0 Å². The van der Waals surface area contributed by atoms with Crippen molar-refractivity contribution >= 4 is 0 Å². The molecule has 1 aliphatic carbocycles. The lowest BCUT2D eigenvalue weighted by molar-refractivity contribution is 0.204. The van der Waals surface area contributed by atoms with Crippen LogP contribution in [0.25, 0.3) is 0 Å². The van der Waals surface area contributed by atoms with Crippen LogP contribution in [0, 0.1) is 5.92 Å². The molecule has 2 heteroatoms. The third-order valence-electron chi connectivity index (χ3n) is 3.71. The molecule has 1 aromatic rings. The summed E-state index contributed by atoms with van der Waals surface area (Å²) < 4.78 is 0. The minimum absolute atomic E-state index is 0.641. The molecule has 1 saturated carbocycles. The highest BCUT2D eigenvalue weighted by Gasteiger charge is 2.25. The van der Waals surface area contributed by atoms with Gasteiger partial charge >= 0.3 is 0 Å². The Morgan fingerprint density at radius 1 is 1.17 bits per heavy atom. The van der Waals surface area contributed by atoms with Gasteiger partial charge in [0.1, 0.15) is 0 Å². The van der Waals surface area contributed by atoms with E-state index in [1.807, 2.05) is 7.05 Å². The normalized spacial score (nSPS) is 15.6. The lowest BCUT2D eigenvalue weighted by atomic mass is 10.1. The summed E-state index contributed by atoms with van der Waals surface area (Å²) in [7, 11) is 1.99. The van der Waals surface area contributed by atoms with Gasteiger partial charge in [0, 0.05) is 25.7 Å². The molecule has 2 rings (SSSR count). The van der Waals surface area contributed by atoms with Crippen molar-refractivity contribution in [2.45, 2.75) is 45.8 Å². The van der Waals surface area contributed by atoms with Gasteiger partial charge in [0.05, 0.1) is 0 Å². The van der Waals surface area contributed by atoms with Crippen LogP contribution in [-0.2, 0) is 13.1 Å². The lowest BCUT2D eigenvalue weighted by Gasteiger charge is -2.26. The molecule has 0 aromatic heterocycles. The highest BCUT2D eigenvalue weighted by Crippen LogP contribution is 2.30. The van der Waals surface area contributed by atoms with Crippen molar-refractivity contribution in [2.75, 3.05) is 13.6 Å². The van der Waals surface area contributed by atoms with E-state index in [4.69, 9.17) is 0 Å². The first-order valence-corrected chi connectivity index (χ1v) is 7.15. The Bertz CT molecular complexity index is 352. The number of benzene rings is 1. The SMILES string of the molecule is CNCc1ccc(CN(CC2CC2)C(C)C)cc1. The minimum Gasteiger partial charge on any atom is -0.316 e. The molecule has 0 spiro atoms. The van der Waals surface area contributed by atoms with E-state index in [9.17, 15) is 0 Å². The van der Waals surface area contributed by atoms with Crippen LogP contribution in [0.1, 0.15) is 37.8 Å². The van der Waals surface area contributed by atoms with Crippen LogP contribution in [-0.4, -0.2) is 24.5 Å². The molecule has 0 heterocycles. The molecule has 100 valence electrons. The van der Waals surface area contributed by atoms with Crippen LogP contribution < -0.4 is 5.32 Å². The van der Waals surface area contributed by atoms with Crippen LogP contribution in [0.3, 0.4) is 0 Å². The summed E-state index contributed by atoms with van der Waals surface area (Å²) in [5, 5.41) is 3.19. The van der Waals surface area contributed by atoms with Gasteiger partial charge in [0.2, 0.25) is 0 Å². The Hall–Kier alpha value is -0.860. The van der Waals surface area contributed by atoms with Gasteiger partial charge in [-0.1, -0.05) is 24.3 Å². The maximum atomic E-state index is 3.19. The van der Waals surface area contributed by atoms with E-state index in [-0.39, 0.29) is 0 Å². The largest absolute Gasteiger partial charge is 0.316 e. The van der Waals surface area contributed by atoms with Crippen LogP contribution in [0.4, 0.5) is 0 Å². The van der Waals surface area contributed by atoms with Gasteiger partial charge in [0.15, 0.2) is 0 Å². The molecule has 18 heavy (non-hydrogen) atoms. The van der Waals surface area contributed by atoms with Gasteiger partial charge in [-0.2, -0.15) is 0 Å². The molecule has 0 aliphatic heterocycles. The number of hydrogen-bond acceptors (Lipinski definition) is 2.